The molecule has 1 saturated heterocycles. The number of hydrogen-bond acceptors (Lipinski definition) is 9. The molecule has 2 saturated carbocycles. The molecule has 1 amide bonds. The topological polar surface area (TPSA) is 164 Å². The summed E-state index contributed by atoms with van der Waals surface area (Å²) < 4.78 is 131. The molecule has 3 aromatic carbocycles. The molecule has 348 valence electrons. The van der Waals surface area contributed by atoms with Crippen LogP contribution in [0.4, 0.5) is 32.2 Å². The number of anilines is 1. The number of halogens is 7. The first kappa shape index (κ1) is 45.7. The Labute approximate surface area is 378 Å². The fourth-order valence-electron chi connectivity index (χ4n) is 8.13. The molecule has 9 rings (SSSR count). The van der Waals surface area contributed by atoms with Crippen molar-refractivity contribution in [3.8, 4) is 5.69 Å². The number of carbonyl (C=O) groups excluding carboxylic acids is 1. The lowest BCUT2D eigenvalue weighted by atomic mass is 9.79. The second kappa shape index (κ2) is 16.7. The van der Waals surface area contributed by atoms with Crippen molar-refractivity contribution < 1.29 is 48.9 Å². The summed E-state index contributed by atoms with van der Waals surface area (Å²) in [6.45, 7) is 5.73. The minimum Gasteiger partial charge on any atom is -0.399 e. The third-order valence-electron chi connectivity index (χ3n) is 12.4. The number of alkyl halides is 4. The van der Waals surface area contributed by atoms with E-state index in [0.29, 0.717) is 42.9 Å². The standard InChI is InChI=1S/C43H42BClF6N8O6S/c1-42(2)43(3,4)65-44(64-42)23-7-10-27-29(16-23)53-40(31(15-21-13-24(46)17-25(47)14-21)52-35(60)20-57-33(22-5-6-22)18-30(54-57)38(50)51)59(41(27)61)32-12-11-28(45)36-37(32)58(19-34(48)49)55-39(36)56-66(62,63)26-8-9-26/h7,10-14,16-18,22,26,31,34,38H,5-6,8-9,15,19-20H2,1-4H3,(H,52,60)(H,55,56)/t31-/m0/s1. The van der Waals surface area contributed by atoms with Crippen molar-refractivity contribution in [1.29, 1.82) is 0 Å². The molecule has 14 nitrogen and oxygen atoms in total. The van der Waals surface area contributed by atoms with Gasteiger partial charge in [0.1, 0.15) is 36.2 Å². The van der Waals surface area contributed by atoms with Crippen LogP contribution in [0.5, 0.6) is 0 Å². The molecule has 6 aromatic rings. The van der Waals surface area contributed by atoms with Crippen LogP contribution in [-0.2, 0) is 43.6 Å². The van der Waals surface area contributed by atoms with Crippen molar-refractivity contribution in [3.05, 3.63) is 104 Å². The van der Waals surface area contributed by atoms with Gasteiger partial charge in [0.15, 0.2) is 5.82 Å². The van der Waals surface area contributed by atoms with Crippen LogP contribution >= 0.6 is 11.6 Å². The number of aromatic nitrogens is 6. The normalized spacial score (nSPS) is 17.7. The number of sulfonamides is 1. The zero-order valence-electron chi connectivity index (χ0n) is 35.8. The third-order valence-corrected chi connectivity index (χ3v) is 14.5. The predicted molar refractivity (Wildman–Crippen MR) is 233 cm³/mol. The van der Waals surface area contributed by atoms with Gasteiger partial charge >= 0.3 is 7.12 Å². The molecular weight excluding hydrogens is 917 g/mol. The van der Waals surface area contributed by atoms with Crippen molar-refractivity contribution in [2.24, 2.45) is 0 Å². The molecule has 1 atom stereocenters. The van der Waals surface area contributed by atoms with Crippen LogP contribution in [0.3, 0.4) is 0 Å². The Hall–Kier alpha value is -5.45. The van der Waals surface area contributed by atoms with Gasteiger partial charge in [0, 0.05) is 24.1 Å². The Bertz CT molecular complexity index is 3070. The SMILES string of the molecule is CC1(C)OB(c2ccc3c(=O)n(-c4ccc(Cl)c5c(NS(=O)(=O)C6CC6)nn(CC(F)F)c45)c([C@H](Cc4cc(F)cc(F)c4)NC(=O)Cn4nc(C(F)F)cc4C4CC4)nc3c2)OC1(C)C. The highest BCUT2D eigenvalue weighted by atomic mass is 35.5. The molecule has 3 fully saturated rings. The summed E-state index contributed by atoms with van der Waals surface area (Å²) in [7, 11) is -4.97. The number of nitrogens with zero attached hydrogens (tertiary/aromatic N) is 6. The minimum absolute atomic E-state index is 0.0109. The van der Waals surface area contributed by atoms with E-state index in [4.69, 9.17) is 25.9 Å². The molecule has 0 bridgehead atoms. The summed E-state index contributed by atoms with van der Waals surface area (Å²) in [6.07, 6.45) is -4.32. The number of amides is 1. The lowest BCUT2D eigenvalue weighted by Gasteiger charge is -2.32. The fraction of sp³-hybridized carbons (Fsp3) is 0.419. The average Bonchev–Trinajstić information content (AvgIpc) is 4.16. The molecule has 1 aliphatic heterocycles. The second-order valence-corrected chi connectivity index (χ2v) is 20.2. The zero-order valence-corrected chi connectivity index (χ0v) is 37.4. The van der Waals surface area contributed by atoms with E-state index in [-0.39, 0.29) is 55.6 Å². The van der Waals surface area contributed by atoms with Gasteiger partial charge in [-0.15, -0.1) is 0 Å². The van der Waals surface area contributed by atoms with Crippen LogP contribution in [-0.4, -0.2) is 73.4 Å². The summed E-state index contributed by atoms with van der Waals surface area (Å²) in [4.78, 5) is 34.4. The smallest absolute Gasteiger partial charge is 0.399 e. The van der Waals surface area contributed by atoms with E-state index < -0.39 is 101 Å². The van der Waals surface area contributed by atoms with Gasteiger partial charge in [0.05, 0.1) is 55.0 Å². The number of nitrogens with one attached hydrogen (secondary N) is 2. The molecule has 0 unspecified atom stereocenters. The van der Waals surface area contributed by atoms with Gasteiger partial charge in [-0.25, -0.2) is 39.7 Å². The first-order chi connectivity index (χ1) is 31.1. The molecule has 23 heteroatoms. The van der Waals surface area contributed by atoms with Gasteiger partial charge in [-0.1, -0.05) is 17.7 Å². The Morgan fingerprint density at radius 1 is 0.924 bits per heavy atom. The highest BCUT2D eigenvalue weighted by Gasteiger charge is 2.52. The van der Waals surface area contributed by atoms with Crippen molar-refractivity contribution in [1.82, 2.24) is 34.4 Å². The minimum atomic E-state index is -4.05. The molecular formula is C43H42BClF6N8O6S. The van der Waals surface area contributed by atoms with Crippen molar-refractivity contribution in [2.75, 3.05) is 4.72 Å². The zero-order chi connectivity index (χ0) is 47.2. The molecule has 4 heterocycles. The fourth-order valence-corrected chi connectivity index (χ4v) is 9.70. The summed E-state index contributed by atoms with van der Waals surface area (Å²) in [6, 6.07) is 9.58. The summed E-state index contributed by atoms with van der Waals surface area (Å²) in [5.74, 6) is -3.54. The van der Waals surface area contributed by atoms with Gasteiger partial charge in [-0.3, -0.25) is 28.2 Å². The van der Waals surface area contributed by atoms with Crippen molar-refractivity contribution in [3.63, 3.8) is 0 Å². The predicted octanol–water partition coefficient (Wildman–Crippen LogP) is 7.25. The number of fused-ring (bicyclic) bond motifs is 2. The molecule has 3 aromatic heterocycles. The summed E-state index contributed by atoms with van der Waals surface area (Å²) in [5.41, 5.74) is -2.41. The maximum atomic E-state index is 15.2. The number of benzene rings is 3. The van der Waals surface area contributed by atoms with E-state index in [1.54, 1.807) is 6.07 Å². The van der Waals surface area contributed by atoms with Crippen LogP contribution in [0.1, 0.15) is 94.5 Å². The van der Waals surface area contributed by atoms with Gasteiger partial charge in [-0.05, 0) is 107 Å². The van der Waals surface area contributed by atoms with E-state index in [0.717, 1.165) is 26.1 Å². The molecule has 66 heavy (non-hydrogen) atoms. The van der Waals surface area contributed by atoms with Gasteiger partial charge in [0.25, 0.3) is 18.4 Å². The Morgan fingerprint density at radius 3 is 2.23 bits per heavy atom. The molecule has 0 radical (unpaired) electrons. The quantitative estimate of drug-likeness (QED) is 0.0798. The Kier molecular flexibility index (Phi) is 11.6. The Balaban J connectivity index is 1.27. The first-order valence-electron chi connectivity index (χ1n) is 21.1. The number of carbonyl (C=O) groups is 1. The van der Waals surface area contributed by atoms with E-state index in [1.807, 2.05) is 27.7 Å². The van der Waals surface area contributed by atoms with Crippen LogP contribution in [0.2, 0.25) is 5.02 Å². The molecule has 2 aliphatic carbocycles. The van der Waals surface area contributed by atoms with Crippen molar-refractivity contribution in [2.45, 2.75) is 114 Å². The lowest BCUT2D eigenvalue weighted by molar-refractivity contribution is -0.122. The maximum absolute atomic E-state index is 15.2. The average molecular weight is 959 g/mol. The van der Waals surface area contributed by atoms with Crippen LogP contribution < -0.4 is 21.1 Å². The highest BCUT2D eigenvalue weighted by Crippen LogP contribution is 2.42. The van der Waals surface area contributed by atoms with E-state index in [1.165, 1.54) is 30.3 Å². The van der Waals surface area contributed by atoms with Crippen molar-refractivity contribution >= 4 is 67.7 Å². The van der Waals surface area contributed by atoms with Gasteiger partial charge in [0.2, 0.25) is 15.9 Å². The monoisotopic (exact) mass is 958 g/mol. The van der Waals surface area contributed by atoms with Gasteiger partial charge < -0.3 is 14.6 Å². The summed E-state index contributed by atoms with van der Waals surface area (Å²) >= 11 is 6.71. The largest absolute Gasteiger partial charge is 0.494 e. The lowest BCUT2D eigenvalue weighted by Crippen LogP contribution is -2.41. The number of rotatable bonds is 15. The molecule has 3 aliphatic rings. The summed E-state index contributed by atoms with van der Waals surface area (Å²) in [5, 5.41) is 9.96. The maximum Gasteiger partial charge on any atom is 0.494 e. The highest BCUT2D eigenvalue weighted by molar-refractivity contribution is 7.93. The number of hydrogen-bond donors (Lipinski definition) is 2. The van der Waals surface area contributed by atoms with Crippen LogP contribution in [0, 0.1) is 11.6 Å². The van der Waals surface area contributed by atoms with Crippen LogP contribution in [0.15, 0.2) is 59.4 Å². The molecule has 2 N–H and O–H groups in total. The Morgan fingerprint density at radius 2 is 1.61 bits per heavy atom. The first-order valence-corrected chi connectivity index (χ1v) is 23.0. The second-order valence-electron chi connectivity index (χ2n) is 17.9. The van der Waals surface area contributed by atoms with E-state index in [2.05, 4.69) is 20.2 Å². The van der Waals surface area contributed by atoms with E-state index >= 15 is 4.79 Å². The third kappa shape index (κ3) is 8.79. The van der Waals surface area contributed by atoms with Crippen LogP contribution in [0.25, 0.3) is 27.5 Å². The molecule has 0 spiro atoms. The van der Waals surface area contributed by atoms with E-state index in [9.17, 15) is 39.6 Å². The van der Waals surface area contributed by atoms with Gasteiger partial charge in [-0.2, -0.15) is 10.2 Å².